The van der Waals surface area contributed by atoms with Gasteiger partial charge in [-0.05, 0) is 68.3 Å². The maximum Gasteiger partial charge on any atom is 0.328 e. The summed E-state index contributed by atoms with van der Waals surface area (Å²) in [5, 5.41) is 18.8. The Morgan fingerprint density at radius 2 is 1.91 bits per heavy atom. The maximum absolute atomic E-state index is 11.9. The number of fused-ring (bicyclic) bond motifs is 3. The Bertz CT molecular complexity index is 602. The zero-order valence-electron chi connectivity index (χ0n) is 14.0. The first kappa shape index (κ1) is 16.3. The van der Waals surface area contributed by atoms with E-state index in [2.05, 4.69) is 13.0 Å². The normalized spacial score (nSPS) is 41.7. The Balaban J connectivity index is 1.95. The Labute approximate surface area is 137 Å². The fourth-order valence-corrected chi connectivity index (χ4v) is 5.72. The summed E-state index contributed by atoms with van der Waals surface area (Å²) in [5.74, 6) is -0.908. The van der Waals surface area contributed by atoms with Crippen molar-refractivity contribution in [2.24, 2.45) is 22.7 Å². The molecule has 0 spiro atoms. The van der Waals surface area contributed by atoms with Gasteiger partial charge in [0.25, 0.3) is 0 Å². The van der Waals surface area contributed by atoms with E-state index in [-0.39, 0.29) is 11.3 Å². The summed E-state index contributed by atoms with van der Waals surface area (Å²) in [7, 11) is 0. The van der Waals surface area contributed by atoms with Gasteiger partial charge in [-0.3, -0.25) is 4.79 Å². The Morgan fingerprint density at radius 3 is 2.57 bits per heavy atom. The van der Waals surface area contributed by atoms with Crippen molar-refractivity contribution in [1.29, 1.82) is 0 Å². The minimum Gasteiger partial charge on any atom is -0.481 e. The van der Waals surface area contributed by atoms with E-state index in [1.165, 1.54) is 11.6 Å². The van der Waals surface area contributed by atoms with Gasteiger partial charge in [0.2, 0.25) is 0 Å². The monoisotopic (exact) mass is 318 g/mol. The van der Waals surface area contributed by atoms with Gasteiger partial charge in [-0.25, -0.2) is 4.79 Å². The lowest BCUT2D eigenvalue weighted by Crippen LogP contribution is -2.53. The van der Waals surface area contributed by atoms with Gasteiger partial charge in [0, 0.05) is 6.08 Å². The molecule has 3 aliphatic carbocycles. The van der Waals surface area contributed by atoms with E-state index in [1.54, 1.807) is 0 Å². The molecule has 2 saturated carbocycles. The lowest BCUT2D eigenvalue weighted by atomic mass is 9.46. The summed E-state index contributed by atoms with van der Waals surface area (Å²) in [4.78, 5) is 22.8. The third kappa shape index (κ3) is 2.52. The Hall–Kier alpha value is -1.58. The maximum atomic E-state index is 11.9. The van der Waals surface area contributed by atoms with Crippen molar-refractivity contribution in [2.45, 2.75) is 58.8 Å². The van der Waals surface area contributed by atoms with Crippen LogP contribution in [0.3, 0.4) is 0 Å². The molecule has 0 bridgehead atoms. The number of aliphatic carboxylic acids is 2. The van der Waals surface area contributed by atoms with E-state index in [9.17, 15) is 14.7 Å². The zero-order valence-corrected chi connectivity index (χ0v) is 14.0. The molecular weight excluding hydrogens is 292 g/mol. The fraction of sp³-hybridized carbons (Fsp3) is 0.684. The van der Waals surface area contributed by atoms with Gasteiger partial charge in [-0.15, -0.1) is 0 Å². The van der Waals surface area contributed by atoms with E-state index in [1.807, 2.05) is 6.92 Å². The summed E-state index contributed by atoms with van der Waals surface area (Å²) in [5.41, 5.74) is 1.67. The number of hydrogen-bond acceptors (Lipinski definition) is 2. The van der Waals surface area contributed by atoms with Crippen LogP contribution in [0.4, 0.5) is 0 Å². The van der Waals surface area contributed by atoms with Gasteiger partial charge in [-0.2, -0.15) is 0 Å². The molecule has 0 aromatic carbocycles. The number of allylic oxidation sites excluding steroid dienone is 3. The molecule has 0 aliphatic heterocycles. The van der Waals surface area contributed by atoms with Gasteiger partial charge in [0.05, 0.1) is 5.41 Å². The molecule has 1 unspecified atom stereocenters. The zero-order chi connectivity index (χ0) is 16.8. The molecule has 0 heterocycles. The predicted molar refractivity (Wildman–Crippen MR) is 87.0 cm³/mol. The minimum absolute atomic E-state index is 0.0320. The highest BCUT2D eigenvalue weighted by Gasteiger charge is 2.57. The van der Waals surface area contributed by atoms with Crippen molar-refractivity contribution < 1.29 is 19.8 Å². The van der Waals surface area contributed by atoms with Crippen LogP contribution in [0, 0.1) is 22.7 Å². The van der Waals surface area contributed by atoms with E-state index in [4.69, 9.17) is 5.11 Å². The summed E-state index contributed by atoms with van der Waals surface area (Å²) in [6, 6.07) is 0. The van der Waals surface area contributed by atoms with Gasteiger partial charge in [0.15, 0.2) is 0 Å². The minimum atomic E-state index is -0.883. The third-order valence-electron chi connectivity index (χ3n) is 6.83. The van der Waals surface area contributed by atoms with Gasteiger partial charge in [0.1, 0.15) is 0 Å². The van der Waals surface area contributed by atoms with E-state index in [0.717, 1.165) is 50.5 Å². The molecule has 4 heteroatoms. The average molecular weight is 318 g/mol. The molecule has 2 N–H and O–H groups in total. The van der Waals surface area contributed by atoms with Crippen molar-refractivity contribution in [3.8, 4) is 0 Å². The molecule has 23 heavy (non-hydrogen) atoms. The second-order valence-electron chi connectivity index (χ2n) is 8.04. The fourth-order valence-electron chi connectivity index (χ4n) is 5.72. The molecular formula is C19H26O4. The van der Waals surface area contributed by atoms with Gasteiger partial charge < -0.3 is 10.2 Å². The molecule has 0 amide bonds. The summed E-state index contributed by atoms with van der Waals surface area (Å²) >= 11 is 0. The smallest absolute Gasteiger partial charge is 0.328 e. The lowest BCUT2D eigenvalue weighted by Gasteiger charge is -2.58. The van der Waals surface area contributed by atoms with Crippen LogP contribution in [0.25, 0.3) is 0 Å². The molecule has 3 aliphatic rings. The van der Waals surface area contributed by atoms with Crippen molar-refractivity contribution in [3.05, 3.63) is 23.3 Å². The molecule has 4 nitrogen and oxygen atoms in total. The number of hydrogen-bond donors (Lipinski definition) is 2. The van der Waals surface area contributed by atoms with Gasteiger partial charge >= 0.3 is 11.9 Å². The first-order valence-corrected chi connectivity index (χ1v) is 8.65. The molecule has 3 rings (SSSR count). The quantitative estimate of drug-likeness (QED) is 0.754. The number of rotatable bonds is 2. The second-order valence-corrected chi connectivity index (χ2v) is 8.04. The topological polar surface area (TPSA) is 74.6 Å². The molecule has 0 radical (unpaired) electrons. The highest BCUT2D eigenvalue weighted by Crippen LogP contribution is 2.63. The highest BCUT2D eigenvalue weighted by atomic mass is 16.4. The predicted octanol–water partition coefficient (Wildman–Crippen LogP) is 4.02. The molecule has 2 fully saturated rings. The van der Waals surface area contributed by atoms with Crippen molar-refractivity contribution in [2.75, 3.05) is 0 Å². The first-order chi connectivity index (χ1) is 10.8. The van der Waals surface area contributed by atoms with Crippen LogP contribution < -0.4 is 0 Å². The van der Waals surface area contributed by atoms with E-state index < -0.39 is 17.4 Å². The Kier molecular flexibility index (Phi) is 3.89. The van der Waals surface area contributed by atoms with Crippen molar-refractivity contribution in [1.82, 2.24) is 0 Å². The van der Waals surface area contributed by atoms with Crippen LogP contribution >= 0.6 is 0 Å². The summed E-state index contributed by atoms with van der Waals surface area (Å²) < 4.78 is 0. The standard InChI is InChI=1S/C19H26O4/c1-18-8-3-9-19(2,17(22)23)15(18)7-5-13-10-12(11-16(20)21)4-6-14(13)18/h10-11,14-15H,3-9H2,1-2H3,(H,20,21)(H,22,23)/b12-11-/t14-,15?,18+,19-/m0/s1. The highest BCUT2D eigenvalue weighted by molar-refractivity contribution is 5.81. The van der Waals surface area contributed by atoms with Crippen LogP contribution in [0.1, 0.15) is 58.8 Å². The number of carboxylic acid groups (broad SMARTS) is 2. The Morgan fingerprint density at radius 1 is 1.17 bits per heavy atom. The SMILES string of the molecule is C[C@]12CCC[C@](C)(C(=O)O)C1CCC1=C/C(=C\C(=O)O)CC[C@@H]12. The van der Waals surface area contributed by atoms with E-state index in [0.29, 0.717) is 5.92 Å². The average Bonchev–Trinajstić information content (AvgIpc) is 2.46. The molecule has 0 saturated heterocycles. The van der Waals surface area contributed by atoms with Crippen LogP contribution in [-0.2, 0) is 9.59 Å². The number of carbonyl (C=O) groups is 2. The van der Waals surface area contributed by atoms with Crippen LogP contribution in [0.5, 0.6) is 0 Å². The number of carboxylic acids is 2. The summed E-state index contributed by atoms with van der Waals surface area (Å²) in [6.07, 6.45) is 9.78. The molecule has 0 aromatic rings. The second kappa shape index (κ2) is 5.50. The van der Waals surface area contributed by atoms with Crippen LogP contribution in [0.2, 0.25) is 0 Å². The third-order valence-corrected chi connectivity index (χ3v) is 6.83. The first-order valence-electron chi connectivity index (χ1n) is 8.65. The van der Waals surface area contributed by atoms with Crippen molar-refractivity contribution in [3.63, 3.8) is 0 Å². The molecule has 126 valence electrons. The molecule has 4 atom stereocenters. The van der Waals surface area contributed by atoms with Crippen molar-refractivity contribution >= 4 is 11.9 Å². The van der Waals surface area contributed by atoms with Crippen LogP contribution in [-0.4, -0.2) is 22.2 Å². The summed E-state index contributed by atoms with van der Waals surface area (Å²) in [6.45, 7) is 4.21. The van der Waals surface area contributed by atoms with E-state index >= 15 is 0 Å². The molecule has 0 aromatic heterocycles. The van der Waals surface area contributed by atoms with Crippen LogP contribution in [0.15, 0.2) is 23.3 Å². The lowest BCUT2D eigenvalue weighted by molar-refractivity contribution is -0.164. The van der Waals surface area contributed by atoms with Gasteiger partial charge in [-0.1, -0.05) is 25.0 Å². The largest absolute Gasteiger partial charge is 0.481 e.